The summed E-state index contributed by atoms with van der Waals surface area (Å²) < 4.78 is 0. The third-order valence-corrected chi connectivity index (χ3v) is 5.62. The predicted molar refractivity (Wildman–Crippen MR) is 99.1 cm³/mol. The van der Waals surface area contributed by atoms with E-state index in [2.05, 4.69) is 17.6 Å². The third-order valence-electron chi connectivity index (χ3n) is 3.21. The molecule has 0 bridgehead atoms. The van der Waals surface area contributed by atoms with E-state index in [1.165, 1.54) is 51.4 Å². The van der Waals surface area contributed by atoms with Gasteiger partial charge < -0.3 is 10.6 Å². The van der Waals surface area contributed by atoms with Gasteiger partial charge in [0.25, 0.3) is 0 Å². The summed E-state index contributed by atoms with van der Waals surface area (Å²) in [7, 11) is 3.73. The van der Waals surface area contributed by atoms with Crippen molar-refractivity contribution in [1.82, 2.24) is 10.6 Å². The molecule has 3 nitrogen and oxygen atoms in total. The zero-order valence-electron chi connectivity index (χ0n) is 13.9. The van der Waals surface area contributed by atoms with Crippen LogP contribution >= 0.6 is 21.6 Å². The van der Waals surface area contributed by atoms with Gasteiger partial charge in [-0.15, -0.1) is 0 Å². The van der Waals surface area contributed by atoms with Crippen LogP contribution in [0.15, 0.2) is 0 Å². The average molecular weight is 335 g/mol. The monoisotopic (exact) mass is 334 g/mol. The van der Waals surface area contributed by atoms with Gasteiger partial charge in [-0.05, 0) is 13.0 Å². The highest BCUT2D eigenvalue weighted by molar-refractivity contribution is 8.76. The van der Waals surface area contributed by atoms with Crippen LogP contribution in [0, 0.1) is 0 Å². The van der Waals surface area contributed by atoms with Gasteiger partial charge in [-0.1, -0.05) is 73.5 Å². The Kier molecular flexibility index (Phi) is 18.3. The molecule has 0 aliphatic heterocycles. The topological polar surface area (TPSA) is 41.1 Å². The largest absolute Gasteiger partial charge is 0.355 e. The second-order valence-electron chi connectivity index (χ2n) is 5.35. The number of hydrogen-bond acceptors (Lipinski definition) is 4. The van der Waals surface area contributed by atoms with Crippen molar-refractivity contribution in [2.75, 3.05) is 31.1 Å². The molecule has 0 atom stereocenters. The molecule has 0 aromatic rings. The van der Waals surface area contributed by atoms with Crippen LogP contribution in [0.25, 0.3) is 0 Å². The SMILES string of the molecule is CCCCCCCCCCNCCSSCCNC(C)=O. The molecule has 5 heteroatoms. The van der Waals surface area contributed by atoms with E-state index in [1.54, 1.807) is 6.92 Å². The highest BCUT2D eigenvalue weighted by atomic mass is 33.1. The molecule has 0 heterocycles. The maximum Gasteiger partial charge on any atom is 0.216 e. The van der Waals surface area contributed by atoms with Crippen molar-refractivity contribution in [1.29, 1.82) is 0 Å². The number of carbonyl (C=O) groups is 1. The van der Waals surface area contributed by atoms with Crippen molar-refractivity contribution < 1.29 is 4.79 Å². The van der Waals surface area contributed by atoms with Crippen molar-refractivity contribution in [3.63, 3.8) is 0 Å². The van der Waals surface area contributed by atoms with Gasteiger partial charge in [0.1, 0.15) is 0 Å². The molecule has 1 amide bonds. The Hall–Kier alpha value is 0.130. The minimum Gasteiger partial charge on any atom is -0.355 e. The fourth-order valence-corrected chi connectivity index (χ4v) is 3.87. The van der Waals surface area contributed by atoms with Crippen LogP contribution < -0.4 is 10.6 Å². The molecule has 0 radical (unpaired) electrons. The molecule has 0 unspecified atom stereocenters. The number of unbranched alkanes of at least 4 members (excludes halogenated alkanes) is 7. The quantitative estimate of drug-likeness (QED) is 0.327. The van der Waals surface area contributed by atoms with Crippen LogP contribution in [-0.4, -0.2) is 37.0 Å². The summed E-state index contributed by atoms with van der Waals surface area (Å²) in [6, 6.07) is 0. The number of carbonyl (C=O) groups excluding carboxylic acids is 1. The average Bonchev–Trinajstić information content (AvgIpc) is 2.46. The van der Waals surface area contributed by atoms with Crippen molar-refractivity contribution in [3.8, 4) is 0 Å². The molecule has 0 fully saturated rings. The zero-order valence-corrected chi connectivity index (χ0v) is 15.6. The first kappa shape index (κ1) is 21.1. The van der Waals surface area contributed by atoms with Gasteiger partial charge in [-0.25, -0.2) is 0 Å². The second kappa shape index (κ2) is 18.2. The molecule has 21 heavy (non-hydrogen) atoms. The standard InChI is InChI=1S/C16H34N2OS2/c1-3-4-5-6-7-8-9-10-11-17-12-14-20-21-15-13-18-16(2)19/h17H,3-15H2,1-2H3,(H,18,19). The molecule has 126 valence electrons. The van der Waals surface area contributed by atoms with Crippen LogP contribution in [0.3, 0.4) is 0 Å². The Balaban J connectivity index is 2.95. The number of hydrogen-bond donors (Lipinski definition) is 2. The number of rotatable bonds is 16. The maximum atomic E-state index is 10.7. The first-order valence-corrected chi connectivity index (χ1v) is 11.0. The van der Waals surface area contributed by atoms with E-state index in [4.69, 9.17) is 0 Å². The first-order chi connectivity index (χ1) is 10.3. The van der Waals surface area contributed by atoms with E-state index in [1.807, 2.05) is 21.6 Å². The molecule has 0 spiro atoms. The molecular weight excluding hydrogens is 300 g/mol. The van der Waals surface area contributed by atoms with Crippen LogP contribution in [-0.2, 0) is 4.79 Å². The van der Waals surface area contributed by atoms with Gasteiger partial charge in [0.2, 0.25) is 5.91 Å². The first-order valence-electron chi connectivity index (χ1n) is 8.47. The highest BCUT2D eigenvalue weighted by Crippen LogP contribution is 2.19. The summed E-state index contributed by atoms with van der Waals surface area (Å²) in [6.45, 7) is 6.86. The molecule has 0 aromatic carbocycles. The lowest BCUT2D eigenvalue weighted by Gasteiger charge is -2.05. The molecule has 0 saturated carbocycles. The van der Waals surface area contributed by atoms with Crippen LogP contribution in [0.5, 0.6) is 0 Å². The minimum absolute atomic E-state index is 0.0626. The summed E-state index contributed by atoms with van der Waals surface area (Å²) in [6.07, 6.45) is 11.1. The Bertz CT molecular complexity index is 228. The van der Waals surface area contributed by atoms with E-state index in [0.29, 0.717) is 0 Å². The minimum atomic E-state index is 0.0626. The fraction of sp³-hybridized carbons (Fsp3) is 0.938. The summed E-state index contributed by atoms with van der Waals surface area (Å²) in [5, 5.41) is 6.31. The van der Waals surface area contributed by atoms with E-state index >= 15 is 0 Å². The lowest BCUT2D eigenvalue weighted by atomic mass is 10.1. The van der Waals surface area contributed by atoms with Gasteiger partial charge in [-0.3, -0.25) is 4.79 Å². The maximum absolute atomic E-state index is 10.7. The van der Waals surface area contributed by atoms with Crippen molar-refractivity contribution in [2.24, 2.45) is 0 Å². The van der Waals surface area contributed by atoms with Gasteiger partial charge in [0.05, 0.1) is 0 Å². The van der Waals surface area contributed by atoms with Crippen molar-refractivity contribution in [3.05, 3.63) is 0 Å². The smallest absolute Gasteiger partial charge is 0.216 e. The zero-order chi connectivity index (χ0) is 15.6. The lowest BCUT2D eigenvalue weighted by molar-refractivity contribution is -0.118. The Labute approximate surface area is 139 Å². The molecular formula is C16H34N2OS2. The molecule has 0 aromatic heterocycles. The summed E-state index contributed by atoms with van der Waals surface area (Å²) >= 11 is 0. The van der Waals surface area contributed by atoms with Crippen LogP contribution in [0.4, 0.5) is 0 Å². The summed E-state index contributed by atoms with van der Waals surface area (Å²) in [5.41, 5.74) is 0. The highest BCUT2D eigenvalue weighted by Gasteiger charge is 1.94. The van der Waals surface area contributed by atoms with Gasteiger partial charge in [0.15, 0.2) is 0 Å². The molecule has 0 saturated heterocycles. The van der Waals surface area contributed by atoms with Crippen LogP contribution in [0.2, 0.25) is 0 Å². The Morgan fingerprint density at radius 2 is 1.38 bits per heavy atom. The van der Waals surface area contributed by atoms with Gasteiger partial charge in [-0.2, -0.15) is 0 Å². The molecule has 0 aliphatic rings. The third kappa shape index (κ3) is 20.1. The molecule has 0 aliphatic carbocycles. The molecule has 0 rings (SSSR count). The van der Waals surface area contributed by atoms with E-state index in [-0.39, 0.29) is 5.91 Å². The second-order valence-corrected chi connectivity index (χ2v) is 8.05. The predicted octanol–water partition coefficient (Wildman–Crippen LogP) is 4.23. The number of amides is 1. The Morgan fingerprint density at radius 1 is 0.810 bits per heavy atom. The Morgan fingerprint density at radius 3 is 2.00 bits per heavy atom. The van der Waals surface area contributed by atoms with E-state index in [0.717, 1.165) is 31.1 Å². The van der Waals surface area contributed by atoms with Gasteiger partial charge >= 0.3 is 0 Å². The normalized spacial score (nSPS) is 10.8. The fourth-order valence-electron chi connectivity index (χ4n) is 2.01. The number of nitrogens with one attached hydrogen (secondary N) is 2. The van der Waals surface area contributed by atoms with Crippen LogP contribution in [0.1, 0.15) is 65.2 Å². The van der Waals surface area contributed by atoms with E-state index < -0.39 is 0 Å². The summed E-state index contributed by atoms with van der Waals surface area (Å²) in [4.78, 5) is 10.7. The summed E-state index contributed by atoms with van der Waals surface area (Å²) in [5.74, 6) is 2.19. The van der Waals surface area contributed by atoms with Gasteiger partial charge in [0, 0.05) is 31.5 Å². The van der Waals surface area contributed by atoms with E-state index in [9.17, 15) is 4.79 Å². The molecule has 2 N–H and O–H groups in total. The van der Waals surface area contributed by atoms with Crippen molar-refractivity contribution >= 4 is 27.5 Å². The lowest BCUT2D eigenvalue weighted by Crippen LogP contribution is -2.22. The van der Waals surface area contributed by atoms with Crippen molar-refractivity contribution in [2.45, 2.75) is 65.2 Å².